The van der Waals surface area contributed by atoms with Crippen molar-refractivity contribution in [2.45, 2.75) is 58.6 Å². The summed E-state index contributed by atoms with van der Waals surface area (Å²) in [5.74, 6) is 0.229. The first-order valence-electron chi connectivity index (χ1n) is 7.78. The van der Waals surface area contributed by atoms with E-state index in [2.05, 4.69) is 26.1 Å². The summed E-state index contributed by atoms with van der Waals surface area (Å²) in [6.45, 7) is 8.84. The van der Waals surface area contributed by atoms with Gasteiger partial charge in [0.05, 0.1) is 11.9 Å². The van der Waals surface area contributed by atoms with Crippen LogP contribution in [-0.4, -0.2) is 56.9 Å². The lowest BCUT2D eigenvalue weighted by molar-refractivity contribution is 0.0193. The second-order valence-electron chi connectivity index (χ2n) is 5.77. The Kier molecular flexibility index (Phi) is 8.02. The number of nitrogens with one attached hydrogen (secondary N) is 1. The number of nitrogens with zero attached hydrogens (tertiary/aromatic N) is 1. The molecule has 0 bridgehead atoms. The number of sulfonamides is 1. The van der Waals surface area contributed by atoms with Crippen molar-refractivity contribution in [2.24, 2.45) is 0 Å². The van der Waals surface area contributed by atoms with Gasteiger partial charge in [-0.3, -0.25) is 0 Å². The lowest BCUT2D eigenvalue weighted by Gasteiger charge is -2.31. The Labute approximate surface area is 124 Å². The van der Waals surface area contributed by atoms with Crippen LogP contribution in [0, 0.1) is 0 Å². The zero-order valence-electron chi connectivity index (χ0n) is 13.1. The Morgan fingerprint density at radius 2 is 2.15 bits per heavy atom. The van der Waals surface area contributed by atoms with Crippen LogP contribution in [0.15, 0.2) is 0 Å². The maximum Gasteiger partial charge on any atom is 0.214 e. The van der Waals surface area contributed by atoms with E-state index in [-0.39, 0.29) is 11.9 Å². The van der Waals surface area contributed by atoms with Crippen LogP contribution < -0.4 is 5.32 Å². The van der Waals surface area contributed by atoms with Gasteiger partial charge < -0.3 is 10.1 Å². The fourth-order valence-electron chi connectivity index (χ4n) is 2.35. The standard InChI is InChI=1S/C14H30N2O3S/c1-4-10-19-14-7-5-9-16(12-14)20(17,18)11-6-8-15-13(2)3/h13-15H,4-12H2,1-3H3. The van der Waals surface area contributed by atoms with E-state index in [0.29, 0.717) is 25.6 Å². The third kappa shape index (κ3) is 6.52. The Bertz CT molecular complexity index is 357. The van der Waals surface area contributed by atoms with Crippen molar-refractivity contribution in [3.63, 3.8) is 0 Å². The van der Waals surface area contributed by atoms with Crippen molar-refractivity contribution in [1.29, 1.82) is 0 Å². The SMILES string of the molecule is CCCOC1CCCN(S(=O)(=O)CCCNC(C)C)C1. The van der Waals surface area contributed by atoms with Crippen molar-refractivity contribution in [1.82, 2.24) is 9.62 Å². The van der Waals surface area contributed by atoms with Gasteiger partial charge in [-0.2, -0.15) is 4.31 Å². The quantitative estimate of drug-likeness (QED) is 0.657. The summed E-state index contributed by atoms with van der Waals surface area (Å²) in [6.07, 6.45) is 3.59. The van der Waals surface area contributed by atoms with E-state index in [1.807, 2.05) is 0 Å². The first-order chi connectivity index (χ1) is 9.45. The van der Waals surface area contributed by atoms with Gasteiger partial charge in [-0.25, -0.2) is 8.42 Å². The Morgan fingerprint density at radius 3 is 2.80 bits per heavy atom. The lowest BCUT2D eigenvalue weighted by Crippen LogP contribution is -2.44. The van der Waals surface area contributed by atoms with Crippen molar-refractivity contribution < 1.29 is 13.2 Å². The Hall–Kier alpha value is -0.170. The van der Waals surface area contributed by atoms with Gasteiger partial charge in [0.2, 0.25) is 10.0 Å². The van der Waals surface area contributed by atoms with Crippen LogP contribution in [0.5, 0.6) is 0 Å². The second kappa shape index (κ2) is 8.97. The summed E-state index contributed by atoms with van der Waals surface area (Å²) < 4.78 is 31.9. The third-order valence-electron chi connectivity index (χ3n) is 3.42. The summed E-state index contributed by atoms with van der Waals surface area (Å²) >= 11 is 0. The molecule has 1 heterocycles. The maximum absolute atomic E-state index is 12.3. The van der Waals surface area contributed by atoms with Crippen LogP contribution in [0.4, 0.5) is 0 Å². The van der Waals surface area contributed by atoms with Gasteiger partial charge in [0, 0.05) is 25.7 Å². The highest BCUT2D eigenvalue weighted by molar-refractivity contribution is 7.89. The van der Waals surface area contributed by atoms with E-state index in [9.17, 15) is 8.42 Å². The smallest absolute Gasteiger partial charge is 0.214 e. The number of ether oxygens (including phenoxy) is 1. The number of hydrogen-bond donors (Lipinski definition) is 1. The lowest BCUT2D eigenvalue weighted by atomic mass is 10.1. The molecule has 0 radical (unpaired) electrons. The predicted molar refractivity (Wildman–Crippen MR) is 82.4 cm³/mol. The predicted octanol–water partition coefficient (Wildman–Crippen LogP) is 1.60. The minimum Gasteiger partial charge on any atom is -0.377 e. The molecule has 20 heavy (non-hydrogen) atoms. The molecule has 1 rings (SSSR count). The largest absolute Gasteiger partial charge is 0.377 e. The molecule has 0 aromatic rings. The van der Waals surface area contributed by atoms with Crippen molar-refractivity contribution in [3.8, 4) is 0 Å². The molecule has 1 atom stereocenters. The zero-order valence-corrected chi connectivity index (χ0v) is 13.9. The van der Waals surface area contributed by atoms with E-state index in [1.54, 1.807) is 4.31 Å². The third-order valence-corrected chi connectivity index (χ3v) is 5.35. The number of hydrogen-bond acceptors (Lipinski definition) is 4. The molecule has 0 aliphatic carbocycles. The van der Waals surface area contributed by atoms with Crippen LogP contribution in [0.1, 0.15) is 46.5 Å². The van der Waals surface area contributed by atoms with Crippen LogP contribution in [0.25, 0.3) is 0 Å². The molecule has 0 aromatic heterocycles. The number of piperidine rings is 1. The first-order valence-corrected chi connectivity index (χ1v) is 9.39. The zero-order chi connectivity index (χ0) is 15.0. The second-order valence-corrected chi connectivity index (χ2v) is 7.86. The first kappa shape index (κ1) is 17.9. The van der Waals surface area contributed by atoms with Crippen molar-refractivity contribution >= 4 is 10.0 Å². The average molecular weight is 306 g/mol. The maximum atomic E-state index is 12.3. The average Bonchev–Trinajstić information content (AvgIpc) is 2.41. The summed E-state index contributed by atoms with van der Waals surface area (Å²) in [6, 6.07) is 0.402. The molecule has 1 fully saturated rings. The van der Waals surface area contributed by atoms with E-state index >= 15 is 0 Å². The van der Waals surface area contributed by atoms with Crippen molar-refractivity contribution in [2.75, 3.05) is 32.0 Å². The molecule has 6 heteroatoms. The van der Waals surface area contributed by atoms with Gasteiger partial charge in [-0.1, -0.05) is 20.8 Å². The molecular weight excluding hydrogens is 276 g/mol. The molecule has 1 unspecified atom stereocenters. The van der Waals surface area contributed by atoms with E-state index < -0.39 is 10.0 Å². The van der Waals surface area contributed by atoms with E-state index in [4.69, 9.17) is 4.74 Å². The highest BCUT2D eigenvalue weighted by atomic mass is 32.2. The van der Waals surface area contributed by atoms with Gasteiger partial charge >= 0.3 is 0 Å². The van der Waals surface area contributed by atoms with Gasteiger partial charge in [-0.05, 0) is 32.2 Å². The monoisotopic (exact) mass is 306 g/mol. The highest BCUT2D eigenvalue weighted by Gasteiger charge is 2.28. The topological polar surface area (TPSA) is 58.6 Å². The van der Waals surface area contributed by atoms with Gasteiger partial charge in [0.15, 0.2) is 0 Å². The van der Waals surface area contributed by atoms with E-state index in [1.165, 1.54) is 0 Å². The molecular formula is C14H30N2O3S. The fraction of sp³-hybridized carbons (Fsp3) is 1.00. The summed E-state index contributed by atoms with van der Waals surface area (Å²) in [5.41, 5.74) is 0. The number of rotatable bonds is 9. The van der Waals surface area contributed by atoms with Gasteiger partial charge in [-0.15, -0.1) is 0 Å². The van der Waals surface area contributed by atoms with Crippen LogP contribution in [0.3, 0.4) is 0 Å². The molecule has 0 spiro atoms. The van der Waals surface area contributed by atoms with Gasteiger partial charge in [0.25, 0.3) is 0 Å². The normalized spacial score (nSPS) is 21.5. The van der Waals surface area contributed by atoms with Crippen LogP contribution >= 0.6 is 0 Å². The highest BCUT2D eigenvalue weighted by Crippen LogP contribution is 2.17. The van der Waals surface area contributed by atoms with Crippen LogP contribution in [0.2, 0.25) is 0 Å². The molecule has 120 valence electrons. The molecule has 1 aliphatic rings. The summed E-state index contributed by atoms with van der Waals surface area (Å²) in [7, 11) is -3.13. The van der Waals surface area contributed by atoms with Gasteiger partial charge in [0.1, 0.15) is 0 Å². The fourth-order valence-corrected chi connectivity index (χ4v) is 3.92. The summed E-state index contributed by atoms with van der Waals surface area (Å²) in [4.78, 5) is 0. The molecule has 0 saturated carbocycles. The molecule has 1 N–H and O–H groups in total. The van der Waals surface area contributed by atoms with Crippen molar-refractivity contribution in [3.05, 3.63) is 0 Å². The molecule has 5 nitrogen and oxygen atoms in total. The molecule has 1 aliphatic heterocycles. The minimum absolute atomic E-state index is 0.0762. The summed E-state index contributed by atoms with van der Waals surface area (Å²) in [5, 5.41) is 3.25. The Balaban J connectivity index is 2.37. The molecule has 1 saturated heterocycles. The van der Waals surface area contributed by atoms with E-state index in [0.717, 1.165) is 32.4 Å². The minimum atomic E-state index is -3.13. The van der Waals surface area contributed by atoms with Crippen LogP contribution in [-0.2, 0) is 14.8 Å². The molecule has 0 amide bonds. The Morgan fingerprint density at radius 1 is 1.40 bits per heavy atom. The molecule has 0 aromatic carbocycles.